The highest BCUT2D eigenvalue weighted by molar-refractivity contribution is 7.72. The molecule has 1 N–H and O–H groups in total. The number of thiol groups is 1. The summed E-state index contributed by atoms with van der Waals surface area (Å²) >= 11 is 6.65. The van der Waals surface area contributed by atoms with Crippen molar-refractivity contribution in [2.24, 2.45) is 0 Å². The van der Waals surface area contributed by atoms with Gasteiger partial charge in [0.05, 0.1) is 16.4 Å². The van der Waals surface area contributed by atoms with Gasteiger partial charge in [-0.3, -0.25) is 4.90 Å². The van der Waals surface area contributed by atoms with Crippen molar-refractivity contribution in [2.45, 2.75) is 25.1 Å². The van der Waals surface area contributed by atoms with Crippen LogP contribution in [0.4, 0.5) is 19.1 Å². The van der Waals surface area contributed by atoms with Gasteiger partial charge in [0.25, 0.3) is 0 Å². The van der Waals surface area contributed by atoms with Crippen LogP contribution in [0.2, 0.25) is 4.47 Å². The molecule has 1 fully saturated rings. The Labute approximate surface area is 163 Å². The van der Waals surface area contributed by atoms with Crippen LogP contribution in [0.5, 0.6) is 0 Å². The Bertz CT molecular complexity index is 874. The lowest BCUT2D eigenvalue weighted by molar-refractivity contribution is -0.137. The summed E-state index contributed by atoms with van der Waals surface area (Å²) in [5.41, 5.74) is -1.23. The number of aromatic nitrogens is 3. The average Bonchev–Trinajstić information content (AvgIpc) is 3.01. The van der Waals surface area contributed by atoms with Gasteiger partial charge in [0.2, 0.25) is 5.95 Å². The summed E-state index contributed by atoms with van der Waals surface area (Å²) in [4.78, 5) is 13.6. The maximum absolute atomic E-state index is 13.3. The van der Waals surface area contributed by atoms with Crippen molar-refractivity contribution in [3.63, 3.8) is 0 Å². The third-order valence-electron chi connectivity index (χ3n) is 4.04. The predicted molar refractivity (Wildman–Crippen MR) is 96.6 cm³/mol. The van der Waals surface area contributed by atoms with E-state index in [-0.39, 0.29) is 32.9 Å². The van der Waals surface area contributed by atoms with Crippen LogP contribution in [0.3, 0.4) is 0 Å². The van der Waals surface area contributed by atoms with Crippen LogP contribution >= 0.6 is 22.9 Å². The molecule has 13 heteroatoms. The van der Waals surface area contributed by atoms with Gasteiger partial charge in [-0.25, -0.2) is 23.4 Å². The molecule has 0 aromatic carbocycles. The van der Waals surface area contributed by atoms with Crippen molar-refractivity contribution >= 4 is 39.6 Å². The number of anilines is 1. The third kappa shape index (κ3) is 5.27. The van der Waals surface area contributed by atoms with Crippen molar-refractivity contribution < 1.29 is 21.6 Å². The Kier molecular flexibility index (Phi) is 6.18. The van der Waals surface area contributed by atoms with Crippen molar-refractivity contribution in [1.29, 1.82) is 0 Å². The van der Waals surface area contributed by atoms with Gasteiger partial charge in [-0.05, 0) is 12.8 Å². The number of hydrogen-bond donors (Lipinski definition) is 2. The van der Waals surface area contributed by atoms with Crippen molar-refractivity contribution in [2.75, 3.05) is 24.3 Å². The Morgan fingerprint density at radius 3 is 2.52 bits per heavy atom. The predicted octanol–water partition coefficient (Wildman–Crippen LogP) is 2.72. The normalized spacial score (nSPS) is 16.8. The lowest BCUT2D eigenvalue weighted by Crippen LogP contribution is -2.40. The number of alkyl halides is 3. The highest BCUT2D eigenvalue weighted by Gasteiger charge is 2.36. The smallest absolute Gasteiger partial charge is 0.351 e. The van der Waals surface area contributed by atoms with Gasteiger partial charge in [0.1, 0.15) is 5.56 Å². The number of nitrogens with one attached hydrogen (secondary N) is 1. The number of halogens is 4. The largest absolute Gasteiger partial charge is 0.420 e. The van der Waals surface area contributed by atoms with Crippen LogP contribution in [0.15, 0.2) is 12.4 Å². The molecule has 3 rings (SSSR count). The van der Waals surface area contributed by atoms with Crippen molar-refractivity contribution in [3.05, 3.63) is 22.4 Å². The van der Waals surface area contributed by atoms with E-state index in [0.29, 0.717) is 25.9 Å². The maximum atomic E-state index is 13.3. The zero-order valence-electron chi connectivity index (χ0n) is 13.7. The van der Waals surface area contributed by atoms with E-state index < -0.39 is 22.4 Å². The SMILES string of the molecule is O=[SH](=O)CN1CCC(Nc2ncc(C(F)(F)F)c(-c3cnc(Cl)s3)n2)CC1. The van der Waals surface area contributed by atoms with E-state index in [1.807, 2.05) is 4.90 Å². The van der Waals surface area contributed by atoms with Gasteiger partial charge in [0.15, 0.2) is 15.2 Å². The molecule has 2 aromatic rings. The standard InChI is InChI=1S/C14H15ClF3N5O2S2/c15-12-19-6-10(26-12)11-9(14(16,17)18)5-20-13(22-11)21-8-1-3-23(4-2-8)7-27(24)25/h5-6,8,27H,1-4,7H2,(H,20,21,22). The summed E-state index contributed by atoms with van der Waals surface area (Å²) in [6, 6.07) is -0.0552. The molecular formula is C14H15ClF3N5O2S2. The molecular weight excluding hydrogens is 427 g/mol. The molecule has 0 spiro atoms. The first-order valence-electron chi connectivity index (χ1n) is 7.89. The van der Waals surface area contributed by atoms with E-state index in [1.165, 1.54) is 6.20 Å². The van der Waals surface area contributed by atoms with E-state index >= 15 is 0 Å². The van der Waals surface area contributed by atoms with E-state index in [2.05, 4.69) is 20.3 Å². The summed E-state index contributed by atoms with van der Waals surface area (Å²) < 4.78 is 61.5. The molecule has 0 radical (unpaired) electrons. The van der Waals surface area contributed by atoms with Gasteiger partial charge in [-0.1, -0.05) is 11.6 Å². The molecule has 3 heterocycles. The third-order valence-corrected chi connectivity index (χ3v) is 5.79. The van der Waals surface area contributed by atoms with Gasteiger partial charge < -0.3 is 5.32 Å². The number of likely N-dealkylation sites (tertiary alicyclic amines) is 1. The minimum Gasteiger partial charge on any atom is -0.351 e. The second kappa shape index (κ2) is 8.25. The summed E-state index contributed by atoms with van der Waals surface area (Å²) in [5.74, 6) is 0.0886. The zero-order chi connectivity index (χ0) is 19.6. The quantitative estimate of drug-likeness (QED) is 0.690. The Hall–Kier alpha value is -1.50. The molecule has 0 unspecified atom stereocenters. The van der Waals surface area contributed by atoms with Crippen LogP contribution in [-0.2, 0) is 16.9 Å². The van der Waals surface area contributed by atoms with Gasteiger partial charge in [-0.15, -0.1) is 11.3 Å². The van der Waals surface area contributed by atoms with Crippen molar-refractivity contribution in [1.82, 2.24) is 19.9 Å². The minimum atomic E-state index is -4.61. The number of piperidine rings is 1. The molecule has 0 bridgehead atoms. The first kappa shape index (κ1) is 20.2. The van der Waals surface area contributed by atoms with Crippen LogP contribution in [0.1, 0.15) is 18.4 Å². The Morgan fingerprint density at radius 2 is 1.96 bits per heavy atom. The Morgan fingerprint density at radius 1 is 1.26 bits per heavy atom. The van der Waals surface area contributed by atoms with E-state index in [1.54, 1.807) is 0 Å². The lowest BCUT2D eigenvalue weighted by Gasteiger charge is -2.30. The van der Waals surface area contributed by atoms with Gasteiger partial charge in [-0.2, -0.15) is 13.2 Å². The van der Waals surface area contributed by atoms with Gasteiger partial charge >= 0.3 is 6.18 Å². The lowest BCUT2D eigenvalue weighted by atomic mass is 10.1. The highest BCUT2D eigenvalue weighted by atomic mass is 35.5. The fourth-order valence-electron chi connectivity index (χ4n) is 2.77. The number of hydrogen-bond acceptors (Lipinski definition) is 8. The topological polar surface area (TPSA) is 88.1 Å². The number of rotatable bonds is 5. The molecule has 0 saturated carbocycles. The van der Waals surface area contributed by atoms with Crippen molar-refractivity contribution in [3.8, 4) is 10.6 Å². The van der Waals surface area contributed by atoms with Crippen LogP contribution in [-0.4, -0.2) is 53.3 Å². The molecule has 0 amide bonds. The molecule has 0 atom stereocenters. The summed E-state index contributed by atoms with van der Waals surface area (Å²) in [7, 11) is -2.47. The fraction of sp³-hybridized carbons (Fsp3) is 0.500. The number of thiazole rings is 1. The monoisotopic (exact) mass is 441 g/mol. The molecule has 2 aromatic heterocycles. The molecule has 0 aliphatic carbocycles. The second-order valence-electron chi connectivity index (χ2n) is 5.94. The summed E-state index contributed by atoms with van der Waals surface area (Å²) in [5, 5.41) is 3.03. The molecule has 7 nitrogen and oxygen atoms in total. The first-order valence-corrected chi connectivity index (χ1v) is 10.4. The molecule has 148 valence electrons. The van der Waals surface area contributed by atoms with Crippen LogP contribution in [0, 0.1) is 0 Å². The molecule has 27 heavy (non-hydrogen) atoms. The van der Waals surface area contributed by atoms with E-state index in [4.69, 9.17) is 11.6 Å². The van der Waals surface area contributed by atoms with Crippen LogP contribution in [0.25, 0.3) is 10.6 Å². The Balaban J connectivity index is 1.77. The highest BCUT2D eigenvalue weighted by Crippen LogP contribution is 2.38. The summed E-state index contributed by atoms with van der Waals surface area (Å²) in [6.45, 7) is 1.14. The number of nitrogens with zero attached hydrogens (tertiary/aromatic N) is 4. The minimum absolute atomic E-state index is 0.00905. The summed E-state index contributed by atoms with van der Waals surface area (Å²) in [6.07, 6.45) is -1.35. The molecule has 1 saturated heterocycles. The molecule has 1 aliphatic heterocycles. The van der Waals surface area contributed by atoms with E-state index in [0.717, 1.165) is 17.5 Å². The second-order valence-corrected chi connectivity index (χ2v) is 8.50. The average molecular weight is 442 g/mol. The molecule has 1 aliphatic rings. The fourth-order valence-corrected chi connectivity index (χ4v) is 4.33. The van der Waals surface area contributed by atoms with Crippen LogP contribution < -0.4 is 5.32 Å². The first-order chi connectivity index (χ1) is 12.7. The van der Waals surface area contributed by atoms with Gasteiger partial charge in [0, 0.05) is 31.5 Å². The van der Waals surface area contributed by atoms with E-state index in [9.17, 15) is 21.6 Å². The maximum Gasteiger partial charge on any atom is 0.420 e. The zero-order valence-corrected chi connectivity index (χ0v) is 16.2.